The van der Waals surface area contributed by atoms with Crippen LogP contribution in [0.3, 0.4) is 0 Å². The molecule has 0 amide bonds. The minimum atomic E-state index is -1.34. The standard InChI is InChI=1S/C6H10O3/c1-2-3-5(8)6(9)4-7/h3-4,6,8-9H,2H2,1H3. The first-order valence-corrected chi connectivity index (χ1v) is 2.74. The van der Waals surface area contributed by atoms with Crippen molar-refractivity contribution in [3.63, 3.8) is 0 Å². The van der Waals surface area contributed by atoms with Gasteiger partial charge in [0.2, 0.25) is 0 Å². The Bertz CT molecular complexity index is 117. The molecule has 0 heterocycles. The van der Waals surface area contributed by atoms with Gasteiger partial charge in [-0.1, -0.05) is 6.92 Å². The second-order valence-corrected chi connectivity index (χ2v) is 1.62. The highest BCUT2D eigenvalue weighted by molar-refractivity contribution is 5.59. The Balaban J connectivity index is 3.84. The molecule has 0 radical (unpaired) electrons. The third kappa shape index (κ3) is 2.87. The fourth-order valence-electron chi connectivity index (χ4n) is 0.400. The lowest BCUT2D eigenvalue weighted by molar-refractivity contribution is -0.114. The summed E-state index contributed by atoms with van der Waals surface area (Å²) >= 11 is 0. The molecule has 52 valence electrons. The number of aldehydes is 1. The topological polar surface area (TPSA) is 57.5 Å². The van der Waals surface area contributed by atoms with Crippen LogP contribution in [-0.2, 0) is 4.79 Å². The molecule has 1 atom stereocenters. The number of carbonyl (C=O) groups excluding carboxylic acids is 1. The number of carbonyl (C=O) groups is 1. The summed E-state index contributed by atoms with van der Waals surface area (Å²) in [6.45, 7) is 1.80. The van der Waals surface area contributed by atoms with Crippen molar-refractivity contribution in [2.24, 2.45) is 0 Å². The van der Waals surface area contributed by atoms with Crippen LogP contribution in [0.2, 0.25) is 0 Å². The highest BCUT2D eigenvalue weighted by Crippen LogP contribution is 1.95. The molecule has 0 aromatic heterocycles. The maximum atomic E-state index is 9.77. The monoisotopic (exact) mass is 130 g/mol. The summed E-state index contributed by atoms with van der Waals surface area (Å²) in [4.78, 5) is 9.77. The first-order valence-electron chi connectivity index (χ1n) is 2.74. The van der Waals surface area contributed by atoms with Crippen LogP contribution in [0, 0.1) is 0 Å². The molecule has 1 unspecified atom stereocenters. The molecule has 0 aliphatic carbocycles. The van der Waals surface area contributed by atoms with Crippen LogP contribution in [0.15, 0.2) is 11.8 Å². The van der Waals surface area contributed by atoms with Gasteiger partial charge < -0.3 is 10.2 Å². The molecule has 0 aliphatic heterocycles. The average molecular weight is 130 g/mol. The Labute approximate surface area is 53.6 Å². The van der Waals surface area contributed by atoms with Gasteiger partial charge in [-0.25, -0.2) is 0 Å². The lowest BCUT2D eigenvalue weighted by Crippen LogP contribution is -2.10. The Kier molecular flexibility index (Phi) is 3.71. The summed E-state index contributed by atoms with van der Waals surface area (Å²) < 4.78 is 0. The molecule has 0 aliphatic rings. The van der Waals surface area contributed by atoms with Gasteiger partial charge in [0, 0.05) is 0 Å². The van der Waals surface area contributed by atoms with Crippen molar-refractivity contribution in [1.29, 1.82) is 0 Å². The van der Waals surface area contributed by atoms with E-state index < -0.39 is 6.10 Å². The van der Waals surface area contributed by atoms with Crippen LogP contribution in [0.5, 0.6) is 0 Å². The van der Waals surface area contributed by atoms with Crippen molar-refractivity contribution < 1.29 is 15.0 Å². The quantitative estimate of drug-likeness (QED) is 0.429. The van der Waals surface area contributed by atoms with Gasteiger partial charge in [0.25, 0.3) is 0 Å². The second-order valence-electron chi connectivity index (χ2n) is 1.62. The van der Waals surface area contributed by atoms with Gasteiger partial charge in [-0.05, 0) is 12.5 Å². The van der Waals surface area contributed by atoms with Gasteiger partial charge in [0.15, 0.2) is 12.4 Å². The van der Waals surface area contributed by atoms with Gasteiger partial charge in [0.1, 0.15) is 5.76 Å². The molecule has 9 heavy (non-hydrogen) atoms. The third-order valence-electron chi connectivity index (χ3n) is 0.845. The molecule has 0 aromatic rings. The van der Waals surface area contributed by atoms with Crippen molar-refractivity contribution in [3.05, 3.63) is 11.8 Å². The van der Waals surface area contributed by atoms with E-state index in [1.807, 2.05) is 0 Å². The highest BCUT2D eigenvalue weighted by Gasteiger charge is 2.04. The number of aliphatic hydroxyl groups is 2. The molecule has 0 bridgehead atoms. The van der Waals surface area contributed by atoms with E-state index in [-0.39, 0.29) is 12.0 Å². The molecule has 3 heteroatoms. The van der Waals surface area contributed by atoms with E-state index in [9.17, 15) is 4.79 Å². The fourth-order valence-corrected chi connectivity index (χ4v) is 0.400. The highest BCUT2D eigenvalue weighted by atomic mass is 16.3. The Morgan fingerprint density at radius 1 is 1.78 bits per heavy atom. The molecule has 0 saturated heterocycles. The predicted molar refractivity (Wildman–Crippen MR) is 33.1 cm³/mol. The summed E-state index contributed by atoms with van der Waals surface area (Å²) in [6.07, 6.45) is 0.932. The van der Waals surface area contributed by atoms with Crippen molar-refractivity contribution >= 4 is 6.29 Å². The average Bonchev–Trinajstić information content (AvgIpc) is 1.87. The van der Waals surface area contributed by atoms with Crippen LogP contribution < -0.4 is 0 Å². The molecule has 0 aromatic carbocycles. The Morgan fingerprint density at radius 2 is 2.33 bits per heavy atom. The summed E-state index contributed by atoms with van der Waals surface area (Å²) in [7, 11) is 0. The third-order valence-corrected chi connectivity index (χ3v) is 0.845. The lowest BCUT2D eigenvalue weighted by Gasteiger charge is -1.98. The lowest BCUT2D eigenvalue weighted by atomic mass is 10.3. The van der Waals surface area contributed by atoms with Crippen LogP contribution in [0.1, 0.15) is 13.3 Å². The molecule has 3 nitrogen and oxygen atoms in total. The van der Waals surface area contributed by atoms with Crippen molar-refractivity contribution in [2.45, 2.75) is 19.4 Å². The summed E-state index contributed by atoms with van der Waals surface area (Å²) in [5.74, 6) is -0.271. The van der Waals surface area contributed by atoms with Crippen molar-refractivity contribution in [3.8, 4) is 0 Å². The summed E-state index contributed by atoms with van der Waals surface area (Å²) in [5, 5.41) is 17.3. The van der Waals surface area contributed by atoms with E-state index in [2.05, 4.69) is 0 Å². The van der Waals surface area contributed by atoms with Crippen LogP contribution >= 0.6 is 0 Å². The Hall–Kier alpha value is -0.830. The fraction of sp³-hybridized carbons (Fsp3) is 0.500. The molecule has 0 saturated carbocycles. The predicted octanol–water partition coefficient (Wildman–Crippen LogP) is 0.398. The SMILES string of the molecule is CCC=C(O)C(O)C=O. The van der Waals surface area contributed by atoms with Gasteiger partial charge in [0.05, 0.1) is 0 Å². The molecule has 0 rings (SSSR count). The molecule has 2 N–H and O–H groups in total. The molecular formula is C6H10O3. The first kappa shape index (κ1) is 8.17. The summed E-state index contributed by atoms with van der Waals surface area (Å²) in [6, 6.07) is 0. The van der Waals surface area contributed by atoms with Gasteiger partial charge in [-0.2, -0.15) is 0 Å². The maximum Gasteiger partial charge on any atom is 0.165 e. The van der Waals surface area contributed by atoms with E-state index in [4.69, 9.17) is 10.2 Å². The number of allylic oxidation sites excluding steroid dienone is 1. The van der Waals surface area contributed by atoms with Crippen LogP contribution in [0.25, 0.3) is 0 Å². The van der Waals surface area contributed by atoms with Crippen LogP contribution in [0.4, 0.5) is 0 Å². The van der Waals surface area contributed by atoms with Crippen molar-refractivity contribution in [1.82, 2.24) is 0 Å². The zero-order valence-electron chi connectivity index (χ0n) is 5.24. The molecule has 0 fully saturated rings. The zero-order chi connectivity index (χ0) is 7.28. The first-order chi connectivity index (χ1) is 4.22. The van der Waals surface area contributed by atoms with Gasteiger partial charge in [-0.15, -0.1) is 0 Å². The minimum Gasteiger partial charge on any atom is -0.509 e. The normalized spacial score (nSPS) is 15.1. The van der Waals surface area contributed by atoms with Crippen LogP contribution in [-0.4, -0.2) is 22.6 Å². The van der Waals surface area contributed by atoms with E-state index in [0.29, 0.717) is 6.42 Å². The number of hydrogen-bond donors (Lipinski definition) is 2. The number of hydrogen-bond acceptors (Lipinski definition) is 3. The number of aliphatic hydroxyl groups excluding tert-OH is 2. The molecule has 0 spiro atoms. The Morgan fingerprint density at radius 3 is 2.67 bits per heavy atom. The maximum absolute atomic E-state index is 9.77. The zero-order valence-corrected chi connectivity index (χ0v) is 5.24. The summed E-state index contributed by atoms with van der Waals surface area (Å²) in [5.41, 5.74) is 0. The van der Waals surface area contributed by atoms with Gasteiger partial charge >= 0.3 is 0 Å². The van der Waals surface area contributed by atoms with E-state index in [1.165, 1.54) is 6.08 Å². The largest absolute Gasteiger partial charge is 0.509 e. The van der Waals surface area contributed by atoms with E-state index >= 15 is 0 Å². The minimum absolute atomic E-state index is 0.271. The van der Waals surface area contributed by atoms with Crippen molar-refractivity contribution in [2.75, 3.05) is 0 Å². The smallest absolute Gasteiger partial charge is 0.165 e. The number of rotatable bonds is 3. The van der Waals surface area contributed by atoms with E-state index in [1.54, 1.807) is 6.92 Å². The second kappa shape index (κ2) is 4.09. The van der Waals surface area contributed by atoms with E-state index in [0.717, 1.165) is 0 Å². The van der Waals surface area contributed by atoms with Gasteiger partial charge in [-0.3, -0.25) is 4.79 Å². The molecular weight excluding hydrogens is 120 g/mol.